The number of aliphatic hydroxyl groups excluding tert-OH is 1. The fourth-order valence-corrected chi connectivity index (χ4v) is 4.60. The fraction of sp³-hybridized carbons (Fsp3) is 0.273. The van der Waals surface area contributed by atoms with Gasteiger partial charge in [-0.1, -0.05) is 0 Å². The van der Waals surface area contributed by atoms with Gasteiger partial charge in [-0.3, -0.25) is 0 Å². The Labute approximate surface area is 172 Å². The van der Waals surface area contributed by atoms with E-state index in [9.17, 15) is 5.11 Å². The fourth-order valence-electron chi connectivity index (χ4n) is 4.60. The molecule has 0 bridgehead atoms. The van der Waals surface area contributed by atoms with Crippen molar-refractivity contribution in [3.63, 3.8) is 0 Å². The first-order valence-electron chi connectivity index (χ1n) is 9.49. The summed E-state index contributed by atoms with van der Waals surface area (Å²) in [6, 6.07) is 7.56. The second kappa shape index (κ2) is 5.99. The highest BCUT2D eigenvalue weighted by Crippen LogP contribution is 2.59. The summed E-state index contributed by atoms with van der Waals surface area (Å²) in [5, 5.41) is 12.9. The van der Waals surface area contributed by atoms with Crippen LogP contribution in [0.4, 0.5) is 5.69 Å². The van der Waals surface area contributed by atoms with E-state index in [1.807, 2.05) is 31.3 Å². The standard InChI is InChI=1S/C22H19NO7/c1-23-18-11-6-14-15(29-8-28-14)7-12(11)19(25-2)21(26-3)16(18)10-4-5-13-20(30-9-27-13)17(10)22(23)24/h4-7,22,24H,8-9H2,1-3H3. The number of fused-ring (bicyclic) bond motifs is 8. The molecule has 1 unspecified atom stereocenters. The number of benzene rings is 3. The van der Waals surface area contributed by atoms with Crippen LogP contribution in [-0.4, -0.2) is 40.0 Å². The Morgan fingerprint density at radius 2 is 1.57 bits per heavy atom. The van der Waals surface area contributed by atoms with Crippen molar-refractivity contribution in [2.24, 2.45) is 0 Å². The van der Waals surface area contributed by atoms with Crippen LogP contribution in [0.1, 0.15) is 11.8 Å². The topological polar surface area (TPSA) is 78.9 Å². The van der Waals surface area contributed by atoms with Gasteiger partial charge in [0.05, 0.1) is 31.0 Å². The molecule has 3 aliphatic heterocycles. The molecule has 0 amide bonds. The van der Waals surface area contributed by atoms with E-state index in [-0.39, 0.29) is 13.6 Å². The molecule has 0 radical (unpaired) electrons. The molecule has 0 spiro atoms. The molecule has 6 rings (SSSR count). The quantitative estimate of drug-likeness (QED) is 0.690. The molecule has 0 saturated heterocycles. The summed E-state index contributed by atoms with van der Waals surface area (Å²) in [5.41, 5.74) is 3.05. The summed E-state index contributed by atoms with van der Waals surface area (Å²) in [6.07, 6.45) is -0.934. The van der Waals surface area contributed by atoms with Gasteiger partial charge < -0.3 is 38.4 Å². The lowest BCUT2D eigenvalue weighted by Crippen LogP contribution is -2.29. The largest absolute Gasteiger partial charge is 0.492 e. The Kier molecular flexibility index (Phi) is 3.47. The molecule has 3 aromatic rings. The number of methoxy groups -OCH3 is 2. The predicted octanol–water partition coefficient (Wildman–Crippen LogP) is 3.42. The highest BCUT2D eigenvalue weighted by molar-refractivity contribution is 6.11. The molecule has 3 aromatic carbocycles. The van der Waals surface area contributed by atoms with Crippen LogP contribution in [0, 0.1) is 0 Å². The van der Waals surface area contributed by atoms with Crippen LogP contribution >= 0.6 is 0 Å². The lowest BCUT2D eigenvalue weighted by atomic mass is 9.87. The van der Waals surface area contributed by atoms with Crippen LogP contribution in [0.15, 0.2) is 24.3 Å². The summed E-state index contributed by atoms with van der Waals surface area (Å²) in [6.45, 7) is 0.287. The van der Waals surface area contributed by atoms with E-state index in [0.717, 1.165) is 27.6 Å². The first kappa shape index (κ1) is 17.3. The third-order valence-corrected chi connectivity index (χ3v) is 5.92. The van der Waals surface area contributed by atoms with Gasteiger partial charge in [-0.25, -0.2) is 0 Å². The first-order valence-corrected chi connectivity index (χ1v) is 9.49. The van der Waals surface area contributed by atoms with Crippen molar-refractivity contribution >= 4 is 16.5 Å². The number of hydrogen-bond acceptors (Lipinski definition) is 8. The van der Waals surface area contributed by atoms with E-state index >= 15 is 0 Å². The second-order valence-electron chi connectivity index (χ2n) is 7.29. The number of aliphatic hydroxyl groups is 1. The zero-order valence-electron chi connectivity index (χ0n) is 16.6. The Morgan fingerprint density at radius 1 is 0.900 bits per heavy atom. The van der Waals surface area contributed by atoms with Crippen LogP contribution < -0.4 is 33.3 Å². The van der Waals surface area contributed by atoms with Crippen molar-refractivity contribution in [2.75, 3.05) is 39.8 Å². The van der Waals surface area contributed by atoms with Crippen molar-refractivity contribution in [1.29, 1.82) is 0 Å². The summed E-state index contributed by atoms with van der Waals surface area (Å²) < 4.78 is 34.0. The molecule has 0 fully saturated rings. The smallest absolute Gasteiger partial charge is 0.231 e. The van der Waals surface area contributed by atoms with E-state index in [4.69, 9.17) is 28.4 Å². The van der Waals surface area contributed by atoms with Gasteiger partial charge in [-0.2, -0.15) is 0 Å². The SMILES string of the molecule is COc1c2c(c3cc4c(cc3c1OC)OCO4)N(C)C(O)c1c-2ccc2c1OCO2. The van der Waals surface area contributed by atoms with Gasteiger partial charge in [-0.15, -0.1) is 0 Å². The molecule has 0 aromatic heterocycles. The van der Waals surface area contributed by atoms with Crippen LogP contribution in [0.2, 0.25) is 0 Å². The van der Waals surface area contributed by atoms with Crippen molar-refractivity contribution in [1.82, 2.24) is 0 Å². The number of ether oxygens (including phenoxy) is 6. The zero-order chi connectivity index (χ0) is 20.6. The van der Waals surface area contributed by atoms with Gasteiger partial charge >= 0.3 is 0 Å². The molecule has 8 heteroatoms. The second-order valence-corrected chi connectivity index (χ2v) is 7.29. The monoisotopic (exact) mass is 409 g/mol. The minimum atomic E-state index is -0.934. The summed E-state index contributed by atoms with van der Waals surface area (Å²) >= 11 is 0. The van der Waals surface area contributed by atoms with Gasteiger partial charge in [-0.05, 0) is 29.8 Å². The highest BCUT2D eigenvalue weighted by Gasteiger charge is 2.38. The van der Waals surface area contributed by atoms with Crippen LogP contribution in [0.3, 0.4) is 0 Å². The van der Waals surface area contributed by atoms with Gasteiger partial charge in [0.1, 0.15) is 0 Å². The minimum Gasteiger partial charge on any atom is -0.492 e. The number of rotatable bonds is 2. The number of anilines is 1. The van der Waals surface area contributed by atoms with Gasteiger partial charge in [0.25, 0.3) is 0 Å². The van der Waals surface area contributed by atoms with Gasteiger partial charge in [0.2, 0.25) is 13.6 Å². The highest BCUT2D eigenvalue weighted by atomic mass is 16.7. The average Bonchev–Trinajstić information content (AvgIpc) is 3.42. The third-order valence-electron chi connectivity index (χ3n) is 5.92. The van der Waals surface area contributed by atoms with E-state index in [1.54, 1.807) is 19.1 Å². The molecular weight excluding hydrogens is 390 g/mol. The zero-order valence-corrected chi connectivity index (χ0v) is 16.6. The molecule has 154 valence electrons. The third kappa shape index (κ3) is 2.03. The Bertz CT molecular complexity index is 1220. The Balaban J connectivity index is 1.78. The summed E-state index contributed by atoms with van der Waals surface area (Å²) in [4.78, 5) is 1.80. The van der Waals surface area contributed by atoms with Crippen molar-refractivity contribution in [2.45, 2.75) is 6.23 Å². The lowest BCUT2D eigenvalue weighted by molar-refractivity contribution is 0.157. The van der Waals surface area contributed by atoms with Crippen molar-refractivity contribution in [3.05, 3.63) is 29.8 Å². The first-order chi connectivity index (χ1) is 14.6. The molecule has 3 heterocycles. The van der Waals surface area contributed by atoms with Gasteiger partial charge in [0, 0.05) is 17.8 Å². The molecule has 1 atom stereocenters. The molecule has 3 aliphatic rings. The Morgan fingerprint density at radius 3 is 2.30 bits per heavy atom. The number of nitrogens with zero attached hydrogens (tertiary/aromatic N) is 1. The normalized spacial score (nSPS) is 17.7. The van der Waals surface area contributed by atoms with Crippen molar-refractivity contribution < 1.29 is 33.5 Å². The molecule has 8 nitrogen and oxygen atoms in total. The maximum Gasteiger partial charge on any atom is 0.231 e. The molecule has 30 heavy (non-hydrogen) atoms. The predicted molar refractivity (Wildman–Crippen MR) is 108 cm³/mol. The van der Waals surface area contributed by atoms with E-state index in [1.165, 1.54) is 0 Å². The molecule has 0 saturated carbocycles. The molecule has 0 aliphatic carbocycles. The van der Waals surface area contributed by atoms with Crippen molar-refractivity contribution in [3.8, 4) is 45.6 Å². The summed E-state index contributed by atoms with van der Waals surface area (Å²) in [7, 11) is 5.04. The summed E-state index contributed by atoms with van der Waals surface area (Å²) in [5.74, 6) is 3.60. The van der Waals surface area contributed by atoms with Crippen LogP contribution in [-0.2, 0) is 0 Å². The molecular formula is C22H19NO7. The average molecular weight is 409 g/mol. The maximum absolute atomic E-state index is 11.2. The van der Waals surface area contributed by atoms with Crippen LogP contribution in [0.5, 0.6) is 34.5 Å². The van der Waals surface area contributed by atoms with E-state index < -0.39 is 6.23 Å². The minimum absolute atomic E-state index is 0.122. The van der Waals surface area contributed by atoms with E-state index in [0.29, 0.717) is 40.1 Å². The van der Waals surface area contributed by atoms with Gasteiger partial charge in [0.15, 0.2) is 40.7 Å². The van der Waals surface area contributed by atoms with Crippen LogP contribution in [0.25, 0.3) is 21.9 Å². The molecule has 1 N–H and O–H groups in total. The maximum atomic E-state index is 11.2. The number of hydrogen-bond donors (Lipinski definition) is 1. The van der Waals surface area contributed by atoms with E-state index in [2.05, 4.69) is 0 Å². The Hall–Kier alpha value is -3.52. The lowest BCUT2D eigenvalue weighted by Gasteiger charge is -2.37.